The smallest absolute Gasteiger partial charge is 0.252 e. The van der Waals surface area contributed by atoms with E-state index < -0.39 is 10.0 Å². The maximum Gasteiger partial charge on any atom is 0.252 e. The highest BCUT2D eigenvalue weighted by Gasteiger charge is 2.19. The molecule has 0 aliphatic heterocycles. The lowest BCUT2D eigenvalue weighted by Crippen LogP contribution is -2.25. The summed E-state index contributed by atoms with van der Waals surface area (Å²) in [6, 6.07) is 19.6. The molecule has 4 aromatic rings. The minimum Gasteiger partial charge on any atom is -0.348 e. The number of carbonyl (C=O) groups excluding carboxylic acids is 1. The molecule has 0 aliphatic rings. The van der Waals surface area contributed by atoms with E-state index in [0.29, 0.717) is 35.2 Å². The zero-order valence-electron chi connectivity index (χ0n) is 18.9. The first-order valence-corrected chi connectivity index (χ1v) is 12.6. The van der Waals surface area contributed by atoms with E-state index in [0.717, 1.165) is 24.0 Å². The highest BCUT2D eigenvalue weighted by atomic mass is 32.2. The van der Waals surface area contributed by atoms with Crippen LogP contribution in [0.3, 0.4) is 0 Å². The summed E-state index contributed by atoms with van der Waals surface area (Å²) < 4.78 is 28.2. The Hall–Kier alpha value is -3.62. The Morgan fingerprint density at radius 1 is 1.00 bits per heavy atom. The van der Waals surface area contributed by atoms with Gasteiger partial charge in [0.25, 0.3) is 5.91 Å². The van der Waals surface area contributed by atoms with Crippen LogP contribution < -0.4 is 10.0 Å². The zero-order valence-corrected chi connectivity index (χ0v) is 19.7. The molecule has 0 aliphatic carbocycles. The Labute approximate surface area is 199 Å². The molecule has 2 heterocycles. The first-order valence-electron chi connectivity index (χ1n) is 11.1. The Kier molecular flexibility index (Phi) is 7.30. The second kappa shape index (κ2) is 10.5. The Morgan fingerprint density at radius 3 is 2.56 bits per heavy atom. The van der Waals surface area contributed by atoms with E-state index in [4.69, 9.17) is 0 Å². The quantitative estimate of drug-likeness (QED) is 0.352. The van der Waals surface area contributed by atoms with Gasteiger partial charge in [-0.3, -0.25) is 9.78 Å². The van der Waals surface area contributed by atoms with Gasteiger partial charge in [-0.2, -0.15) is 0 Å². The van der Waals surface area contributed by atoms with Crippen LogP contribution in [0.15, 0.2) is 84.0 Å². The molecule has 4 rings (SSSR count). The molecule has 2 aromatic carbocycles. The van der Waals surface area contributed by atoms with Gasteiger partial charge in [0.2, 0.25) is 10.0 Å². The molecule has 0 saturated heterocycles. The van der Waals surface area contributed by atoms with E-state index >= 15 is 0 Å². The van der Waals surface area contributed by atoms with Gasteiger partial charge in [0.15, 0.2) is 0 Å². The number of amides is 1. The molecule has 2 N–H and O–H groups in total. The van der Waals surface area contributed by atoms with Crippen molar-refractivity contribution in [1.82, 2.24) is 20.0 Å². The van der Waals surface area contributed by atoms with Crippen LogP contribution in [0.4, 0.5) is 0 Å². The van der Waals surface area contributed by atoms with Crippen molar-refractivity contribution in [3.63, 3.8) is 0 Å². The van der Waals surface area contributed by atoms with Crippen LogP contribution in [-0.4, -0.2) is 30.8 Å². The van der Waals surface area contributed by atoms with Crippen molar-refractivity contribution in [2.24, 2.45) is 0 Å². The average Bonchev–Trinajstić information content (AvgIpc) is 2.87. The summed E-state index contributed by atoms with van der Waals surface area (Å²) in [6.45, 7) is 2.71. The Morgan fingerprint density at radius 2 is 1.82 bits per heavy atom. The number of hydrogen-bond donors (Lipinski definition) is 2. The molecule has 0 fully saturated rings. The molecule has 0 spiro atoms. The van der Waals surface area contributed by atoms with Gasteiger partial charge in [0.1, 0.15) is 0 Å². The molecule has 0 atom stereocenters. The molecule has 7 nitrogen and oxygen atoms in total. The van der Waals surface area contributed by atoms with E-state index in [1.54, 1.807) is 30.6 Å². The fourth-order valence-electron chi connectivity index (χ4n) is 3.56. The fourth-order valence-corrected chi connectivity index (χ4v) is 4.66. The van der Waals surface area contributed by atoms with Crippen LogP contribution in [0, 0.1) is 0 Å². The average molecular weight is 475 g/mol. The molecule has 0 saturated carbocycles. The Balaban J connectivity index is 1.76. The van der Waals surface area contributed by atoms with Crippen LogP contribution in [0.25, 0.3) is 22.2 Å². The number of carbonyl (C=O) groups is 1. The van der Waals surface area contributed by atoms with E-state index in [1.165, 1.54) is 12.1 Å². The van der Waals surface area contributed by atoms with Gasteiger partial charge >= 0.3 is 0 Å². The third-order valence-electron chi connectivity index (χ3n) is 5.41. The van der Waals surface area contributed by atoms with Gasteiger partial charge in [0.05, 0.1) is 21.7 Å². The minimum absolute atomic E-state index is 0.101. The highest BCUT2D eigenvalue weighted by Crippen LogP contribution is 2.27. The number of benzene rings is 2. The molecule has 34 heavy (non-hydrogen) atoms. The first-order chi connectivity index (χ1) is 16.5. The van der Waals surface area contributed by atoms with Crippen LogP contribution in [0.2, 0.25) is 0 Å². The van der Waals surface area contributed by atoms with Crippen molar-refractivity contribution >= 4 is 26.8 Å². The highest BCUT2D eigenvalue weighted by molar-refractivity contribution is 7.89. The number of unbranched alkanes of at least 4 members (excludes halogenated alkanes) is 1. The summed E-state index contributed by atoms with van der Waals surface area (Å²) in [5, 5.41) is 3.41. The van der Waals surface area contributed by atoms with Crippen LogP contribution >= 0.6 is 0 Å². The fraction of sp³-hybridized carbons (Fsp3) is 0.192. The topological polar surface area (TPSA) is 101 Å². The van der Waals surface area contributed by atoms with Crippen molar-refractivity contribution in [1.29, 1.82) is 0 Å². The number of sulfonamides is 1. The predicted octanol–water partition coefficient (Wildman–Crippen LogP) is 4.31. The van der Waals surface area contributed by atoms with Crippen LogP contribution in [-0.2, 0) is 16.6 Å². The molecule has 0 bridgehead atoms. The van der Waals surface area contributed by atoms with E-state index in [9.17, 15) is 13.2 Å². The van der Waals surface area contributed by atoms with Gasteiger partial charge < -0.3 is 5.32 Å². The van der Waals surface area contributed by atoms with Crippen LogP contribution in [0.5, 0.6) is 0 Å². The van der Waals surface area contributed by atoms with Gasteiger partial charge in [-0.1, -0.05) is 43.7 Å². The van der Waals surface area contributed by atoms with Crippen molar-refractivity contribution in [2.45, 2.75) is 31.2 Å². The number of hydrogen-bond acceptors (Lipinski definition) is 5. The lowest BCUT2D eigenvalue weighted by molar-refractivity contribution is 0.0952. The number of fused-ring (bicyclic) bond motifs is 1. The maximum atomic E-state index is 13.3. The molecule has 2 aromatic heterocycles. The van der Waals surface area contributed by atoms with Gasteiger partial charge in [-0.15, -0.1) is 0 Å². The Bertz CT molecular complexity index is 1390. The van der Waals surface area contributed by atoms with E-state index in [2.05, 4.69) is 20.0 Å². The maximum absolute atomic E-state index is 13.3. The molecule has 174 valence electrons. The largest absolute Gasteiger partial charge is 0.348 e. The lowest BCUT2D eigenvalue weighted by atomic mass is 10.0. The molecule has 1 amide bonds. The lowest BCUT2D eigenvalue weighted by Gasteiger charge is -2.13. The first kappa shape index (κ1) is 23.5. The summed E-state index contributed by atoms with van der Waals surface area (Å²) in [4.78, 5) is 22.2. The zero-order chi connectivity index (χ0) is 24.0. The predicted molar refractivity (Wildman–Crippen MR) is 133 cm³/mol. The van der Waals surface area contributed by atoms with Gasteiger partial charge in [-0.05, 0) is 48.4 Å². The van der Waals surface area contributed by atoms with Gasteiger partial charge in [-0.25, -0.2) is 18.1 Å². The van der Waals surface area contributed by atoms with Gasteiger partial charge in [0, 0.05) is 36.4 Å². The van der Waals surface area contributed by atoms with Crippen molar-refractivity contribution in [3.05, 3.63) is 90.3 Å². The second-order valence-corrected chi connectivity index (χ2v) is 9.66. The number of rotatable bonds is 9. The summed E-state index contributed by atoms with van der Waals surface area (Å²) in [5.74, 6) is -0.310. The van der Waals surface area contributed by atoms with Crippen molar-refractivity contribution < 1.29 is 13.2 Å². The van der Waals surface area contributed by atoms with Crippen molar-refractivity contribution in [2.75, 3.05) is 6.54 Å². The molecule has 0 radical (unpaired) electrons. The standard InChI is InChI=1S/C26H26N4O3S/c1-2-3-14-29-34(32,33)21-11-12-24-22(15-21)23(16-25(30-24)20-10-7-13-27-18-20)26(31)28-17-19-8-5-4-6-9-19/h4-13,15-16,18,29H,2-3,14,17H2,1H3,(H,28,31). The van der Waals surface area contributed by atoms with Crippen LogP contribution in [0.1, 0.15) is 35.7 Å². The number of nitrogens with one attached hydrogen (secondary N) is 2. The third kappa shape index (κ3) is 5.47. The second-order valence-electron chi connectivity index (χ2n) is 7.90. The summed E-state index contributed by atoms with van der Waals surface area (Å²) in [7, 11) is -3.70. The molecular weight excluding hydrogens is 448 g/mol. The summed E-state index contributed by atoms with van der Waals surface area (Å²) >= 11 is 0. The molecule has 8 heteroatoms. The third-order valence-corrected chi connectivity index (χ3v) is 6.87. The number of pyridine rings is 2. The normalized spacial score (nSPS) is 11.4. The molecular formula is C26H26N4O3S. The number of nitrogens with zero attached hydrogens (tertiary/aromatic N) is 2. The van der Waals surface area contributed by atoms with Crippen molar-refractivity contribution in [3.8, 4) is 11.3 Å². The SMILES string of the molecule is CCCCNS(=O)(=O)c1ccc2nc(-c3cccnc3)cc(C(=O)NCc3ccccc3)c2c1. The molecule has 0 unspecified atom stereocenters. The van der Waals surface area contributed by atoms with E-state index in [1.807, 2.05) is 43.3 Å². The monoisotopic (exact) mass is 474 g/mol. The van der Waals surface area contributed by atoms with E-state index in [-0.39, 0.29) is 10.8 Å². The summed E-state index contributed by atoms with van der Waals surface area (Å²) in [6.07, 6.45) is 4.97. The summed E-state index contributed by atoms with van der Waals surface area (Å²) in [5.41, 5.74) is 3.19. The number of aromatic nitrogens is 2. The minimum atomic E-state index is -3.70.